The number of carbonyl (C=O) groups excluding carboxylic acids is 1. The summed E-state index contributed by atoms with van der Waals surface area (Å²) in [6.45, 7) is -0.417. The number of nitrogens with zero attached hydrogens (tertiary/aromatic N) is 4. The van der Waals surface area contributed by atoms with E-state index in [1.165, 1.54) is 26.6 Å². The van der Waals surface area contributed by atoms with Crippen molar-refractivity contribution in [1.82, 2.24) is 19.1 Å². The largest absolute Gasteiger partial charge is 0.497 e. The molecule has 11 heteroatoms. The van der Waals surface area contributed by atoms with E-state index in [0.29, 0.717) is 27.8 Å². The van der Waals surface area contributed by atoms with Crippen molar-refractivity contribution >= 4 is 34.4 Å². The molecule has 0 radical (unpaired) electrons. The van der Waals surface area contributed by atoms with Crippen LogP contribution in [0.1, 0.15) is 5.56 Å². The molecule has 0 aliphatic rings. The topological polar surface area (TPSA) is 117 Å². The molecule has 0 fully saturated rings. The van der Waals surface area contributed by atoms with Gasteiger partial charge in [-0.2, -0.15) is 0 Å². The van der Waals surface area contributed by atoms with Crippen molar-refractivity contribution in [3.63, 3.8) is 0 Å². The van der Waals surface area contributed by atoms with Crippen molar-refractivity contribution in [2.24, 2.45) is 0 Å². The van der Waals surface area contributed by atoms with Crippen molar-refractivity contribution in [2.75, 3.05) is 19.5 Å². The van der Waals surface area contributed by atoms with E-state index in [2.05, 4.69) is 15.3 Å². The molecule has 2 aromatic heterocycles. The maximum Gasteiger partial charge on any atom is 0.333 e. The summed E-state index contributed by atoms with van der Waals surface area (Å²) in [6.07, 6.45) is 2.71. The molecule has 0 atom stereocenters. The summed E-state index contributed by atoms with van der Waals surface area (Å²) in [5.74, 6) is 0.424. The van der Waals surface area contributed by atoms with Crippen molar-refractivity contribution in [2.45, 2.75) is 13.1 Å². The van der Waals surface area contributed by atoms with E-state index in [4.69, 9.17) is 21.1 Å². The minimum absolute atomic E-state index is 0.0155. The van der Waals surface area contributed by atoms with Crippen molar-refractivity contribution in [1.29, 1.82) is 0 Å². The maximum absolute atomic E-state index is 13.3. The molecule has 4 rings (SSSR count). The molecular formula is C23H20ClN5O5. The van der Waals surface area contributed by atoms with Crippen LogP contribution < -0.4 is 26.0 Å². The highest BCUT2D eigenvalue weighted by atomic mass is 35.5. The number of carbonyl (C=O) groups is 1. The minimum atomic E-state index is -0.690. The molecule has 174 valence electrons. The number of hydrogen-bond donors (Lipinski definition) is 1. The van der Waals surface area contributed by atoms with Crippen LogP contribution in [-0.4, -0.2) is 39.2 Å². The van der Waals surface area contributed by atoms with Gasteiger partial charge in [0, 0.05) is 23.5 Å². The van der Waals surface area contributed by atoms with Gasteiger partial charge in [0.2, 0.25) is 5.91 Å². The number of nitrogens with one attached hydrogen (secondary N) is 1. The second-order valence-corrected chi connectivity index (χ2v) is 7.67. The predicted molar refractivity (Wildman–Crippen MR) is 127 cm³/mol. The summed E-state index contributed by atoms with van der Waals surface area (Å²) in [4.78, 5) is 47.4. The van der Waals surface area contributed by atoms with Crippen LogP contribution in [-0.2, 0) is 17.9 Å². The second kappa shape index (κ2) is 9.75. The van der Waals surface area contributed by atoms with E-state index in [-0.39, 0.29) is 17.7 Å². The molecular weight excluding hydrogens is 462 g/mol. The van der Waals surface area contributed by atoms with Crippen molar-refractivity contribution in [3.05, 3.63) is 86.3 Å². The molecule has 1 amide bonds. The Morgan fingerprint density at radius 3 is 2.44 bits per heavy atom. The zero-order valence-electron chi connectivity index (χ0n) is 18.3. The highest BCUT2D eigenvalue weighted by molar-refractivity contribution is 6.30. The normalized spacial score (nSPS) is 10.8. The SMILES string of the molecule is COc1ccc(NC(=O)Cn2c(=O)n(Cc3ccc(Cl)cc3)c(=O)c3nccnc32)c(OC)c1. The number of ether oxygens (including phenoxy) is 2. The number of benzene rings is 2. The molecule has 0 aliphatic carbocycles. The molecule has 0 unspecified atom stereocenters. The van der Waals surface area contributed by atoms with Gasteiger partial charge >= 0.3 is 5.69 Å². The first-order chi connectivity index (χ1) is 16.4. The van der Waals surface area contributed by atoms with Gasteiger partial charge in [-0.25, -0.2) is 14.8 Å². The Kier molecular flexibility index (Phi) is 6.60. The van der Waals surface area contributed by atoms with E-state index in [1.54, 1.807) is 42.5 Å². The lowest BCUT2D eigenvalue weighted by atomic mass is 10.2. The van der Waals surface area contributed by atoms with Gasteiger partial charge in [0.05, 0.1) is 26.5 Å². The number of hydrogen-bond acceptors (Lipinski definition) is 7. The fourth-order valence-electron chi connectivity index (χ4n) is 3.42. The Morgan fingerprint density at radius 1 is 1.00 bits per heavy atom. The first kappa shape index (κ1) is 23.0. The number of aromatic nitrogens is 4. The van der Waals surface area contributed by atoms with Gasteiger partial charge in [-0.1, -0.05) is 23.7 Å². The van der Waals surface area contributed by atoms with Gasteiger partial charge in [0.1, 0.15) is 18.0 Å². The monoisotopic (exact) mass is 481 g/mol. The van der Waals surface area contributed by atoms with E-state index < -0.39 is 23.7 Å². The molecule has 0 spiro atoms. The standard InChI is InChI=1S/C23H20ClN5O5/c1-33-16-7-8-17(18(11-16)34-2)27-19(30)13-28-21-20(25-9-10-26-21)22(31)29(23(28)32)12-14-3-5-15(24)6-4-14/h3-11H,12-13H2,1-2H3,(H,27,30). The zero-order chi connectivity index (χ0) is 24.2. The van der Waals surface area contributed by atoms with E-state index in [9.17, 15) is 14.4 Å². The summed E-state index contributed by atoms with van der Waals surface area (Å²) < 4.78 is 12.6. The van der Waals surface area contributed by atoms with Crippen LogP contribution in [0.25, 0.3) is 11.2 Å². The van der Waals surface area contributed by atoms with Gasteiger partial charge in [-0.3, -0.25) is 18.7 Å². The number of rotatable bonds is 7. The molecule has 0 saturated carbocycles. The Bertz CT molecular complexity index is 1480. The summed E-state index contributed by atoms with van der Waals surface area (Å²) in [5, 5.41) is 3.24. The van der Waals surface area contributed by atoms with Crippen LogP contribution in [0.15, 0.2) is 64.4 Å². The number of fused-ring (bicyclic) bond motifs is 1. The highest BCUT2D eigenvalue weighted by Gasteiger charge is 2.18. The third kappa shape index (κ3) is 4.62. The van der Waals surface area contributed by atoms with Crippen LogP contribution in [0.3, 0.4) is 0 Å². The van der Waals surface area contributed by atoms with Crippen LogP contribution >= 0.6 is 11.6 Å². The maximum atomic E-state index is 13.3. The molecule has 0 bridgehead atoms. The van der Waals surface area contributed by atoms with Crippen LogP contribution in [0.5, 0.6) is 11.5 Å². The van der Waals surface area contributed by atoms with Gasteiger partial charge in [-0.05, 0) is 29.8 Å². The van der Waals surface area contributed by atoms with Gasteiger partial charge in [0.15, 0.2) is 11.2 Å². The lowest BCUT2D eigenvalue weighted by Gasteiger charge is -2.14. The van der Waals surface area contributed by atoms with E-state index in [1.807, 2.05) is 0 Å². The molecule has 1 N–H and O–H groups in total. The zero-order valence-corrected chi connectivity index (χ0v) is 19.1. The summed E-state index contributed by atoms with van der Waals surface area (Å²) in [6, 6.07) is 11.7. The molecule has 10 nitrogen and oxygen atoms in total. The van der Waals surface area contributed by atoms with E-state index >= 15 is 0 Å². The quantitative estimate of drug-likeness (QED) is 0.430. The summed E-state index contributed by atoms with van der Waals surface area (Å²) >= 11 is 5.93. The number of halogens is 1. The third-order valence-corrected chi connectivity index (χ3v) is 5.33. The van der Waals surface area contributed by atoms with Crippen LogP contribution in [0.4, 0.5) is 5.69 Å². The Hall–Kier alpha value is -4.18. The smallest absolute Gasteiger partial charge is 0.333 e. The average molecular weight is 482 g/mol. The number of amides is 1. The third-order valence-electron chi connectivity index (χ3n) is 5.08. The predicted octanol–water partition coefficient (Wildman–Crippen LogP) is 2.31. The summed E-state index contributed by atoms with van der Waals surface area (Å²) in [5.41, 5.74) is -0.217. The van der Waals surface area contributed by atoms with Gasteiger partial charge in [-0.15, -0.1) is 0 Å². The molecule has 34 heavy (non-hydrogen) atoms. The summed E-state index contributed by atoms with van der Waals surface area (Å²) in [7, 11) is 2.98. The number of methoxy groups -OCH3 is 2. The Morgan fingerprint density at radius 2 is 1.74 bits per heavy atom. The first-order valence-electron chi connectivity index (χ1n) is 10.1. The molecule has 4 aromatic rings. The Labute approximate surface area is 198 Å². The highest BCUT2D eigenvalue weighted by Crippen LogP contribution is 2.29. The van der Waals surface area contributed by atoms with Crippen LogP contribution in [0, 0.1) is 0 Å². The molecule has 2 aromatic carbocycles. The lowest BCUT2D eigenvalue weighted by molar-refractivity contribution is -0.116. The second-order valence-electron chi connectivity index (χ2n) is 7.23. The minimum Gasteiger partial charge on any atom is -0.497 e. The Balaban J connectivity index is 1.72. The molecule has 0 aliphatic heterocycles. The fraction of sp³-hybridized carbons (Fsp3) is 0.174. The van der Waals surface area contributed by atoms with Crippen molar-refractivity contribution in [3.8, 4) is 11.5 Å². The van der Waals surface area contributed by atoms with Gasteiger partial charge in [0.25, 0.3) is 5.56 Å². The van der Waals surface area contributed by atoms with Gasteiger partial charge < -0.3 is 14.8 Å². The molecule has 0 saturated heterocycles. The number of anilines is 1. The van der Waals surface area contributed by atoms with Crippen LogP contribution in [0.2, 0.25) is 5.02 Å². The fourth-order valence-corrected chi connectivity index (χ4v) is 3.55. The lowest BCUT2D eigenvalue weighted by Crippen LogP contribution is -2.42. The first-order valence-corrected chi connectivity index (χ1v) is 10.5. The average Bonchev–Trinajstić information content (AvgIpc) is 2.85. The van der Waals surface area contributed by atoms with Crippen molar-refractivity contribution < 1.29 is 14.3 Å². The van der Waals surface area contributed by atoms with E-state index in [0.717, 1.165) is 9.13 Å². The molecule has 2 heterocycles.